The Balaban J connectivity index is 2.25. The zero-order valence-electron chi connectivity index (χ0n) is 9.46. The van der Waals surface area contributed by atoms with E-state index >= 15 is 0 Å². The van der Waals surface area contributed by atoms with Crippen molar-refractivity contribution in [2.45, 2.75) is 51.2 Å². The Kier molecular flexibility index (Phi) is 5.65. The van der Waals surface area contributed by atoms with Gasteiger partial charge in [-0.05, 0) is 25.8 Å². The molecule has 0 aromatic rings. The van der Waals surface area contributed by atoms with Crippen LogP contribution in [0.1, 0.15) is 39.0 Å². The number of nitrogens with one attached hydrogen (secondary N) is 2. The Bertz CT molecular complexity index is 189. The molecular weight excluding hydrogens is 192 g/mol. The average molecular weight is 214 g/mol. The van der Waals surface area contributed by atoms with Crippen molar-refractivity contribution in [2.24, 2.45) is 0 Å². The zero-order valence-corrected chi connectivity index (χ0v) is 9.46. The highest BCUT2D eigenvalue weighted by Gasteiger charge is 2.19. The third-order valence-corrected chi connectivity index (χ3v) is 2.86. The number of hydrogen-bond donors (Lipinski definition) is 3. The third kappa shape index (κ3) is 4.62. The molecule has 0 aliphatic carbocycles. The van der Waals surface area contributed by atoms with Gasteiger partial charge in [-0.1, -0.05) is 19.8 Å². The average Bonchev–Trinajstić information content (AvgIpc) is 2.53. The van der Waals surface area contributed by atoms with Crippen molar-refractivity contribution in [3.05, 3.63) is 0 Å². The second kappa shape index (κ2) is 6.80. The molecule has 0 saturated carbocycles. The van der Waals surface area contributed by atoms with E-state index in [1.165, 1.54) is 6.42 Å². The Hall–Kier alpha value is -0.610. The SMILES string of the molecule is CCC(O)CNC(=O)C1CCCCCN1. The fourth-order valence-corrected chi connectivity index (χ4v) is 1.74. The lowest BCUT2D eigenvalue weighted by Crippen LogP contribution is -2.45. The van der Waals surface area contributed by atoms with Gasteiger partial charge in [0.2, 0.25) is 5.91 Å². The second-order valence-corrected chi connectivity index (χ2v) is 4.16. The summed E-state index contributed by atoms with van der Waals surface area (Å²) >= 11 is 0. The van der Waals surface area contributed by atoms with E-state index in [-0.39, 0.29) is 11.9 Å². The molecule has 15 heavy (non-hydrogen) atoms. The first-order valence-corrected chi connectivity index (χ1v) is 5.93. The molecule has 1 rings (SSSR count). The van der Waals surface area contributed by atoms with Crippen LogP contribution in [0.15, 0.2) is 0 Å². The van der Waals surface area contributed by atoms with Crippen molar-refractivity contribution in [1.29, 1.82) is 0 Å². The molecule has 1 fully saturated rings. The molecule has 3 N–H and O–H groups in total. The molecule has 0 aromatic carbocycles. The molecule has 2 atom stereocenters. The maximum Gasteiger partial charge on any atom is 0.237 e. The maximum atomic E-state index is 11.7. The largest absolute Gasteiger partial charge is 0.391 e. The van der Waals surface area contributed by atoms with E-state index in [0.717, 1.165) is 25.8 Å². The molecule has 1 saturated heterocycles. The maximum absolute atomic E-state index is 11.7. The van der Waals surface area contributed by atoms with E-state index in [1.54, 1.807) is 0 Å². The van der Waals surface area contributed by atoms with Crippen LogP contribution in [0, 0.1) is 0 Å². The van der Waals surface area contributed by atoms with E-state index in [9.17, 15) is 9.90 Å². The normalized spacial score (nSPS) is 24.3. The van der Waals surface area contributed by atoms with Crippen molar-refractivity contribution < 1.29 is 9.90 Å². The number of amides is 1. The van der Waals surface area contributed by atoms with Crippen LogP contribution in [-0.4, -0.2) is 36.2 Å². The molecule has 2 unspecified atom stereocenters. The summed E-state index contributed by atoms with van der Waals surface area (Å²) in [5, 5.41) is 15.3. The minimum atomic E-state index is -0.417. The first-order chi connectivity index (χ1) is 7.24. The van der Waals surface area contributed by atoms with E-state index in [4.69, 9.17) is 0 Å². The summed E-state index contributed by atoms with van der Waals surface area (Å²) < 4.78 is 0. The predicted octanol–water partition coefficient (Wildman–Crippen LogP) is 0.406. The van der Waals surface area contributed by atoms with E-state index in [0.29, 0.717) is 13.0 Å². The summed E-state index contributed by atoms with van der Waals surface area (Å²) in [6.07, 6.45) is 4.64. The van der Waals surface area contributed by atoms with Crippen molar-refractivity contribution in [3.8, 4) is 0 Å². The second-order valence-electron chi connectivity index (χ2n) is 4.16. The Labute approximate surface area is 91.4 Å². The Morgan fingerprint density at radius 2 is 2.33 bits per heavy atom. The fourth-order valence-electron chi connectivity index (χ4n) is 1.74. The summed E-state index contributed by atoms with van der Waals surface area (Å²) in [6.45, 7) is 3.20. The van der Waals surface area contributed by atoms with Gasteiger partial charge in [0.25, 0.3) is 0 Å². The summed E-state index contributed by atoms with van der Waals surface area (Å²) in [7, 11) is 0. The molecule has 1 aliphatic heterocycles. The van der Waals surface area contributed by atoms with Gasteiger partial charge >= 0.3 is 0 Å². The van der Waals surface area contributed by atoms with Gasteiger partial charge in [0.1, 0.15) is 0 Å². The van der Waals surface area contributed by atoms with Gasteiger partial charge in [0.15, 0.2) is 0 Å². The fraction of sp³-hybridized carbons (Fsp3) is 0.909. The molecule has 1 heterocycles. The standard InChI is InChI=1S/C11H22N2O2/c1-2-9(14)8-13-11(15)10-6-4-3-5-7-12-10/h9-10,12,14H,2-8H2,1H3,(H,13,15). The topological polar surface area (TPSA) is 61.4 Å². The van der Waals surface area contributed by atoms with Crippen LogP contribution >= 0.6 is 0 Å². The highest BCUT2D eigenvalue weighted by atomic mass is 16.3. The number of hydrogen-bond acceptors (Lipinski definition) is 3. The van der Waals surface area contributed by atoms with Crippen LogP contribution < -0.4 is 10.6 Å². The van der Waals surface area contributed by atoms with Gasteiger partial charge in [0.05, 0.1) is 12.1 Å². The molecule has 0 aromatic heterocycles. The van der Waals surface area contributed by atoms with Crippen LogP contribution in [0.2, 0.25) is 0 Å². The number of aliphatic hydroxyl groups is 1. The van der Waals surface area contributed by atoms with E-state index < -0.39 is 6.10 Å². The molecule has 1 amide bonds. The van der Waals surface area contributed by atoms with Crippen molar-refractivity contribution in [2.75, 3.05) is 13.1 Å². The van der Waals surface area contributed by atoms with Gasteiger partial charge in [-0.25, -0.2) is 0 Å². The predicted molar refractivity (Wildman–Crippen MR) is 59.6 cm³/mol. The Morgan fingerprint density at radius 1 is 1.53 bits per heavy atom. The quantitative estimate of drug-likeness (QED) is 0.635. The molecule has 0 radical (unpaired) electrons. The molecule has 0 spiro atoms. The van der Waals surface area contributed by atoms with Gasteiger partial charge < -0.3 is 15.7 Å². The lowest BCUT2D eigenvalue weighted by Gasteiger charge is -2.16. The molecule has 1 aliphatic rings. The number of rotatable bonds is 4. The smallest absolute Gasteiger partial charge is 0.237 e. The lowest BCUT2D eigenvalue weighted by molar-refractivity contribution is -0.123. The van der Waals surface area contributed by atoms with Crippen LogP contribution in [0.25, 0.3) is 0 Å². The van der Waals surface area contributed by atoms with Gasteiger partial charge in [-0.3, -0.25) is 4.79 Å². The van der Waals surface area contributed by atoms with Gasteiger partial charge in [-0.2, -0.15) is 0 Å². The molecule has 4 nitrogen and oxygen atoms in total. The van der Waals surface area contributed by atoms with Gasteiger partial charge in [0, 0.05) is 6.54 Å². The summed E-state index contributed by atoms with van der Waals surface area (Å²) in [5.74, 6) is 0.0319. The van der Waals surface area contributed by atoms with Crippen LogP contribution in [0.5, 0.6) is 0 Å². The number of carbonyl (C=O) groups excluding carboxylic acids is 1. The van der Waals surface area contributed by atoms with Crippen molar-refractivity contribution in [3.63, 3.8) is 0 Å². The van der Waals surface area contributed by atoms with Gasteiger partial charge in [-0.15, -0.1) is 0 Å². The zero-order chi connectivity index (χ0) is 11.1. The first kappa shape index (κ1) is 12.5. The van der Waals surface area contributed by atoms with Crippen molar-refractivity contribution >= 4 is 5.91 Å². The first-order valence-electron chi connectivity index (χ1n) is 5.93. The van der Waals surface area contributed by atoms with Crippen molar-refractivity contribution in [1.82, 2.24) is 10.6 Å². The number of carbonyl (C=O) groups is 1. The third-order valence-electron chi connectivity index (χ3n) is 2.86. The minimum Gasteiger partial charge on any atom is -0.391 e. The molecular formula is C11H22N2O2. The lowest BCUT2D eigenvalue weighted by atomic mass is 10.1. The molecule has 4 heteroatoms. The van der Waals surface area contributed by atoms with E-state index in [1.807, 2.05) is 6.92 Å². The monoisotopic (exact) mass is 214 g/mol. The Morgan fingerprint density at radius 3 is 3.07 bits per heavy atom. The van der Waals surface area contributed by atoms with Crippen LogP contribution in [0.4, 0.5) is 0 Å². The van der Waals surface area contributed by atoms with E-state index in [2.05, 4.69) is 10.6 Å². The summed E-state index contributed by atoms with van der Waals surface area (Å²) in [4.78, 5) is 11.7. The molecule has 88 valence electrons. The molecule has 0 bridgehead atoms. The summed E-state index contributed by atoms with van der Waals surface area (Å²) in [5.41, 5.74) is 0. The van der Waals surface area contributed by atoms with Crippen LogP contribution in [0.3, 0.4) is 0 Å². The number of aliphatic hydroxyl groups excluding tert-OH is 1. The summed E-state index contributed by atoms with van der Waals surface area (Å²) in [6, 6.07) is -0.0587. The highest BCUT2D eigenvalue weighted by molar-refractivity contribution is 5.81. The highest BCUT2D eigenvalue weighted by Crippen LogP contribution is 2.08. The minimum absolute atomic E-state index is 0.0319. The van der Waals surface area contributed by atoms with Crippen LogP contribution in [-0.2, 0) is 4.79 Å².